The number of hydrogen-bond acceptors (Lipinski definition) is 6. The molecule has 7 nitrogen and oxygen atoms in total. The monoisotopic (exact) mass is 368 g/mol. The van der Waals surface area contributed by atoms with Crippen molar-refractivity contribution in [1.82, 2.24) is 19.8 Å². The lowest BCUT2D eigenvalue weighted by Gasteiger charge is -2.44. The van der Waals surface area contributed by atoms with Crippen LogP contribution in [0.15, 0.2) is 36.7 Å². The van der Waals surface area contributed by atoms with E-state index in [1.807, 2.05) is 24.3 Å². The molecule has 0 unspecified atom stereocenters. The molecular formula is C18H17ClN6O. The number of carbonyl (C=O) groups is 1. The van der Waals surface area contributed by atoms with Gasteiger partial charge in [-0.05, 0) is 17.7 Å². The Bertz CT molecular complexity index is 865. The lowest BCUT2D eigenvalue weighted by atomic mass is 10.1. The number of benzene rings is 1. The van der Waals surface area contributed by atoms with E-state index in [4.69, 9.17) is 16.9 Å². The van der Waals surface area contributed by atoms with E-state index in [2.05, 4.69) is 21.1 Å². The van der Waals surface area contributed by atoms with Crippen LogP contribution in [0.4, 0.5) is 5.95 Å². The largest absolute Gasteiger partial charge is 0.307 e. The summed E-state index contributed by atoms with van der Waals surface area (Å²) in [7, 11) is 0. The molecule has 2 aliphatic rings. The van der Waals surface area contributed by atoms with E-state index in [1.54, 1.807) is 22.2 Å². The van der Waals surface area contributed by atoms with Crippen molar-refractivity contribution >= 4 is 23.5 Å². The number of halogens is 1. The van der Waals surface area contributed by atoms with Gasteiger partial charge in [0.05, 0.1) is 6.54 Å². The molecule has 1 aromatic carbocycles. The minimum atomic E-state index is -0.312. The van der Waals surface area contributed by atoms with Crippen molar-refractivity contribution < 1.29 is 4.79 Å². The molecule has 1 aromatic heterocycles. The Hall–Kier alpha value is -2.69. The Morgan fingerprint density at radius 1 is 1.12 bits per heavy atom. The van der Waals surface area contributed by atoms with Crippen LogP contribution in [0.3, 0.4) is 0 Å². The molecule has 0 saturated carbocycles. The highest BCUT2D eigenvalue weighted by Gasteiger charge is 2.39. The smallest absolute Gasteiger partial charge is 0.248 e. The van der Waals surface area contributed by atoms with Gasteiger partial charge in [-0.2, -0.15) is 5.26 Å². The maximum Gasteiger partial charge on any atom is 0.248 e. The number of piperazine rings is 2. The number of nitriles is 1. The third-order valence-corrected chi connectivity index (χ3v) is 5.07. The Kier molecular flexibility index (Phi) is 4.45. The number of hydrogen-bond donors (Lipinski definition) is 0. The summed E-state index contributed by atoms with van der Waals surface area (Å²) in [5.41, 5.74) is 1.77. The fourth-order valence-corrected chi connectivity index (χ4v) is 3.60. The zero-order chi connectivity index (χ0) is 18.1. The summed E-state index contributed by atoms with van der Waals surface area (Å²) in [4.78, 5) is 27.0. The Balaban J connectivity index is 1.54. The van der Waals surface area contributed by atoms with Crippen LogP contribution in [0.25, 0.3) is 11.1 Å². The van der Waals surface area contributed by atoms with Gasteiger partial charge in [-0.1, -0.05) is 23.7 Å². The van der Waals surface area contributed by atoms with Gasteiger partial charge < -0.3 is 4.90 Å². The van der Waals surface area contributed by atoms with Gasteiger partial charge in [-0.25, -0.2) is 9.97 Å². The molecule has 2 saturated heterocycles. The number of fused-ring (bicyclic) bond motifs is 1. The molecule has 4 rings (SSSR count). The second-order valence-electron chi connectivity index (χ2n) is 6.37. The quantitative estimate of drug-likeness (QED) is 0.749. The Morgan fingerprint density at radius 2 is 1.88 bits per heavy atom. The zero-order valence-corrected chi connectivity index (χ0v) is 14.8. The molecular weight excluding hydrogens is 352 g/mol. The van der Waals surface area contributed by atoms with E-state index in [9.17, 15) is 4.79 Å². The van der Waals surface area contributed by atoms with Crippen molar-refractivity contribution in [2.24, 2.45) is 0 Å². The highest BCUT2D eigenvalue weighted by Crippen LogP contribution is 2.24. The minimum absolute atomic E-state index is 0.0493. The number of rotatable bonds is 2. The summed E-state index contributed by atoms with van der Waals surface area (Å²) in [5.74, 6) is 0.348. The second kappa shape index (κ2) is 6.90. The SMILES string of the molecule is N#CN1CCN2CCN(c3ncc(-c4cccc(Cl)c4)cn3)C(=O)[C@H]2C1. The first-order valence-electron chi connectivity index (χ1n) is 8.44. The predicted octanol–water partition coefficient (Wildman–Crippen LogP) is 1.61. The van der Waals surface area contributed by atoms with Crippen LogP contribution in [0.1, 0.15) is 0 Å². The highest BCUT2D eigenvalue weighted by molar-refractivity contribution is 6.30. The molecule has 0 spiro atoms. The lowest BCUT2D eigenvalue weighted by Crippen LogP contribution is -2.64. The van der Waals surface area contributed by atoms with E-state index in [-0.39, 0.29) is 11.9 Å². The van der Waals surface area contributed by atoms with Gasteiger partial charge >= 0.3 is 0 Å². The second-order valence-corrected chi connectivity index (χ2v) is 6.81. The molecule has 0 radical (unpaired) electrons. The first-order valence-corrected chi connectivity index (χ1v) is 8.81. The first kappa shape index (κ1) is 16.8. The number of carbonyl (C=O) groups excluding carboxylic acids is 1. The molecule has 0 bridgehead atoms. The molecule has 2 fully saturated rings. The van der Waals surface area contributed by atoms with E-state index in [0.29, 0.717) is 30.6 Å². The molecule has 132 valence electrons. The van der Waals surface area contributed by atoms with Crippen LogP contribution in [-0.4, -0.2) is 64.4 Å². The molecule has 8 heteroatoms. The topological polar surface area (TPSA) is 76.4 Å². The van der Waals surface area contributed by atoms with E-state index in [1.165, 1.54) is 0 Å². The van der Waals surface area contributed by atoms with Gasteiger partial charge in [0.1, 0.15) is 6.04 Å². The Morgan fingerprint density at radius 3 is 2.62 bits per heavy atom. The average molecular weight is 369 g/mol. The number of anilines is 1. The van der Waals surface area contributed by atoms with E-state index < -0.39 is 0 Å². The van der Waals surface area contributed by atoms with Crippen molar-refractivity contribution in [3.05, 3.63) is 41.7 Å². The van der Waals surface area contributed by atoms with E-state index in [0.717, 1.165) is 24.2 Å². The average Bonchev–Trinajstić information content (AvgIpc) is 2.68. The predicted molar refractivity (Wildman–Crippen MR) is 97.4 cm³/mol. The van der Waals surface area contributed by atoms with Crippen LogP contribution in [0.5, 0.6) is 0 Å². The van der Waals surface area contributed by atoms with Crippen LogP contribution < -0.4 is 4.90 Å². The van der Waals surface area contributed by atoms with E-state index >= 15 is 0 Å². The van der Waals surface area contributed by atoms with Gasteiger partial charge in [-0.3, -0.25) is 14.6 Å². The fourth-order valence-electron chi connectivity index (χ4n) is 3.41. The summed E-state index contributed by atoms with van der Waals surface area (Å²) in [6.07, 6.45) is 5.55. The van der Waals surface area contributed by atoms with Crippen LogP contribution >= 0.6 is 11.6 Å². The number of nitrogens with zero attached hydrogens (tertiary/aromatic N) is 6. The van der Waals surface area contributed by atoms with Crippen LogP contribution in [0, 0.1) is 11.5 Å². The minimum Gasteiger partial charge on any atom is -0.307 e. The van der Waals surface area contributed by atoms with Crippen molar-refractivity contribution in [2.75, 3.05) is 37.6 Å². The first-order chi connectivity index (χ1) is 12.7. The number of aromatic nitrogens is 2. The standard InChI is InChI=1S/C18H17ClN6O/c19-15-3-1-2-13(8-15)14-9-21-18(22-10-14)25-7-6-24-5-4-23(12-20)11-16(24)17(25)26/h1-3,8-10,16H,4-7,11H2/t16-/m1/s1. The lowest BCUT2D eigenvalue weighted by molar-refractivity contribution is -0.128. The molecule has 26 heavy (non-hydrogen) atoms. The normalized spacial score (nSPS) is 20.6. The van der Waals surface area contributed by atoms with Gasteiger partial charge in [-0.15, -0.1) is 0 Å². The summed E-state index contributed by atoms with van der Waals surface area (Å²) in [6.45, 7) is 3.14. The summed E-state index contributed by atoms with van der Waals surface area (Å²) in [5, 5.41) is 9.76. The Labute approximate surface area is 156 Å². The van der Waals surface area contributed by atoms with Gasteiger partial charge in [0.25, 0.3) is 0 Å². The van der Waals surface area contributed by atoms with Gasteiger partial charge in [0.15, 0.2) is 6.19 Å². The van der Waals surface area contributed by atoms with Gasteiger partial charge in [0, 0.05) is 49.2 Å². The molecule has 0 aliphatic carbocycles. The van der Waals surface area contributed by atoms with Crippen molar-refractivity contribution in [3.8, 4) is 17.3 Å². The zero-order valence-electron chi connectivity index (χ0n) is 14.0. The van der Waals surface area contributed by atoms with Crippen LogP contribution in [-0.2, 0) is 4.79 Å². The van der Waals surface area contributed by atoms with Crippen molar-refractivity contribution in [2.45, 2.75) is 6.04 Å². The van der Waals surface area contributed by atoms with Gasteiger partial charge in [0.2, 0.25) is 11.9 Å². The highest BCUT2D eigenvalue weighted by atomic mass is 35.5. The molecule has 2 aliphatic heterocycles. The third kappa shape index (κ3) is 3.09. The summed E-state index contributed by atoms with van der Waals surface area (Å²) >= 11 is 6.03. The molecule has 3 heterocycles. The summed E-state index contributed by atoms with van der Waals surface area (Å²) in [6, 6.07) is 7.16. The van der Waals surface area contributed by atoms with Crippen molar-refractivity contribution in [3.63, 3.8) is 0 Å². The van der Waals surface area contributed by atoms with Crippen LogP contribution in [0.2, 0.25) is 5.02 Å². The fraction of sp³-hybridized carbons (Fsp3) is 0.333. The third-order valence-electron chi connectivity index (χ3n) is 4.83. The molecule has 1 atom stereocenters. The maximum atomic E-state index is 12.9. The molecule has 0 N–H and O–H groups in total. The number of amides is 1. The summed E-state index contributed by atoms with van der Waals surface area (Å²) < 4.78 is 0. The molecule has 2 aromatic rings. The molecule has 1 amide bonds. The maximum absolute atomic E-state index is 12.9. The van der Waals surface area contributed by atoms with Crippen molar-refractivity contribution in [1.29, 1.82) is 5.26 Å².